The second-order valence-corrected chi connectivity index (χ2v) is 4.14. The largest absolute Gasteiger partial charge is 0.481 e. The minimum atomic E-state index is -0.571. The molecular formula is C14H19NO3. The smallest absolute Gasteiger partial charge is 0.260 e. The van der Waals surface area contributed by atoms with Gasteiger partial charge in [-0.3, -0.25) is 9.59 Å². The molecule has 0 bridgehead atoms. The molecule has 0 aliphatic carbocycles. The van der Waals surface area contributed by atoms with Crippen LogP contribution in [0.5, 0.6) is 5.75 Å². The van der Waals surface area contributed by atoms with Crippen LogP contribution >= 0.6 is 0 Å². The van der Waals surface area contributed by atoms with Crippen LogP contribution in [-0.4, -0.2) is 24.3 Å². The maximum absolute atomic E-state index is 11.6. The quantitative estimate of drug-likeness (QED) is 0.786. The van der Waals surface area contributed by atoms with Crippen molar-refractivity contribution >= 4 is 11.7 Å². The first-order valence-corrected chi connectivity index (χ1v) is 6.10. The molecule has 0 spiro atoms. The first-order valence-electron chi connectivity index (χ1n) is 6.10. The summed E-state index contributed by atoms with van der Waals surface area (Å²) in [7, 11) is 0. The van der Waals surface area contributed by atoms with Crippen LogP contribution in [0.2, 0.25) is 0 Å². The van der Waals surface area contributed by atoms with Crippen molar-refractivity contribution in [2.75, 3.05) is 6.54 Å². The summed E-state index contributed by atoms with van der Waals surface area (Å²) in [6.45, 7) is 5.81. The zero-order chi connectivity index (χ0) is 13.5. The summed E-state index contributed by atoms with van der Waals surface area (Å²) >= 11 is 0. The summed E-state index contributed by atoms with van der Waals surface area (Å²) in [5, 5.41) is 2.76. The van der Waals surface area contributed by atoms with Crippen molar-refractivity contribution < 1.29 is 14.3 Å². The third kappa shape index (κ3) is 4.20. The molecule has 0 saturated carbocycles. The monoisotopic (exact) mass is 249 g/mol. The lowest BCUT2D eigenvalue weighted by molar-refractivity contribution is -0.127. The average Bonchev–Trinajstić information content (AvgIpc) is 2.36. The number of amides is 1. The van der Waals surface area contributed by atoms with Gasteiger partial charge in [0.2, 0.25) is 0 Å². The Balaban J connectivity index is 2.63. The molecule has 0 aromatic heterocycles. The lowest BCUT2D eigenvalue weighted by Crippen LogP contribution is -2.36. The molecule has 4 nitrogen and oxygen atoms in total. The predicted molar refractivity (Wildman–Crippen MR) is 69.8 cm³/mol. The highest BCUT2D eigenvalue weighted by Gasteiger charge is 2.14. The van der Waals surface area contributed by atoms with Crippen LogP contribution in [0.1, 0.15) is 37.6 Å². The maximum atomic E-state index is 11.6. The molecule has 1 aromatic rings. The average molecular weight is 249 g/mol. The fraction of sp³-hybridized carbons (Fsp3) is 0.429. The predicted octanol–water partition coefficient (Wildman–Crippen LogP) is 2.18. The van der Waals surface area contributed by atoms with Gasteiger partial charge in [-0.2, -0.15) is 0 Å². The highest BCUT2D eigenvalue weighted by atomic mass is 16.5. The van der Waals surface area contributed by atoms with E-state index in [0.717, 1.165) is 6.42 Å². The van der Waals surface area contributed by atoms with Crippen molar-refractivity contribution in [1.29, 1.82) is 0 Å². The molecule has 18 heavy (non-hydrogen) atoms. The fourth-order valence-electron chi connectivity index (χ4n) is 1.44. The Hall–Kier alpha value is -1.84. The van der Waals surface area contributed by atoms with Crippen LogP contribution in [0.3, 0.4) is 0 Å². The van der Waals surface area contributed by atoms with Crippen LogP contribution in [0.15, 0.2) is 24.3 Å². The van der Waals surface area contributed by atoms with Gasteiger partial charge < -0.3 is 10.1 Å². The van der Waals surface area contributed by atoms with Gasteiger partial charge in [0.15, 0.2) is 11.9 Å². The van der Waals surface area contributed by atoms with Gasteiger partial charge in [-0.05, 0) is 32.4 Å². The standard InChI is InChI=1S/C14H19NO3/c1-4-8-15-14(17)11(3)18-13-7-5-6-12(9-13)10(2)16/h5-7,9,11H,4,8H2,1-3H3,(H,15,17). The summed E-state index contributed by atoms with van der Waals surface area (Å²) < 4.78 is 5.50. The zero-order valence-corrected chi connectivity index (χ0v) is 11.0. The third-order valence-corrected chi connectivity index (χ3v) is 2.47. The Kier molecular flexibility index (Phi) is 5.36. The number of nitrogens with one attached hydrogen (secondary N) is 1. The number of hydrogen-bond donors (Lipinski definition) is 1. The number of ether oxygens (including phenoxy) is 1. The van der Waals surface area contributed by atoms with E-state index in [1.807, 2.05) is 6.92 Å². The lowest BCUT2D eigenvalue weighted by atomic mass is 10.1. The molecule has 0 heterocycles. The zero-order valence-electron chi connectivity index (χ0n) is 11.0. The topological polar surface area (TPSA) is 55.4 Å². The molecule has 1 amide bonds. The number of benzene rings is 1. The first kappa shape index (κ1) is 14.2. The summed E-state index contributed by atoms with van der Waals surface area (Å²) in [5.41, 5.74) is 0.577. The number of carbonyl (C=O) groups excluding carboxylic acids is 2. The molecule has 0 radical (unpaired) electrons. The van der Waals surface area contributed by atoms with Gasteiger partial charge in [-0.1, -0.05) is 19.1 Å². The first-order chi connectivity index (χ1) is 8.54. The Bertz CT molecular complexity index is 429. The number of rotatable bonds is 6. The molecule has 0 aliphatic rings. The van der Waals surface area contributed by atoms with Crippen LogP contribution in [0.4, 0.5) is 0 Å². The van der Waals surface area contributed by atoms with Gasteiger partial charge in [0.25, 0.3) is 5.91 Å². The second kappa shape index (κ2) is 6.79. The van der Waals surface area contributed by atoms with Gasteiger partial charge >= 0.3 is 0 Å². The molecule has 0 aliphatic heterocycles. The summed E-state index contributed by atoms with van der Waals surface area (Å²) in [6.07, 6.45) is 0.317. The van der Waals surface area contributed by atoms with Crippen molar-refractivity contribution in [3.63, 3.8) is 0 Å². The molecule has 1 rings (SSSR count). The van der Waals surface area contributed by atoms with Crippen molar-refractivity contribution in [2.24, 2.45) is 0 Å². The number of carbonyl (C=O) groups is 2. The summed E-state index contributed by atoms with van der Waals surface area (Å²) in [4.78, 5) is 22.8. The van der Waals surface area contributed by atoms with Gasteiger partial charge in [-0.25, -0.2) is 0 Å². The molecule has 1 N–H and O–H groups in total. The van der Waals surface area contributed by atoms with E-state index < -0.39 is 6.10 Å². The number of ketones is 1. The number of Topliss-reactive ketones (excluding diaryl/α,β-unsaturated/α-hetero) is 1. The van der Waals surface area contributed by atoms with Crippen LogP contribution in [-0.2, 0) is 4.79 Å². The van der Waals surface area contributed by atoms with Gasteiger partial charge in [0.1, 0.15) is 5.75 Å². The van der Waals surface area contributed by atoms with E-state index in [2.05, 4.69) is 5.32 Å². The number of hydrogen-bond acceptors (Lipinski definition) is 3. The Morgan fingerprint density at radius 1 is 1.39 bits per heavy atom. The van der Waals surface area contributed by atoms with Crippen molar-refractivity contribution in [3.8, 4) is 5.75 Å². The molecular weight excluding hydrogens is 230 g/mol. The highest BCUT2D eigenvalue weighted by Crippen LogP contribution is 2.15. The Morgan fingerprint density at radius 2 is 2.11 bits per heavy atom. The van der Waals surface area contributed by atoms with Crippen molar-refractivity contribution in [3.05, 3.63) is 29.8 Å². The molecule has 0 fully saturated rings. The normalized spacial score (nSPS) is 11.7. The van der Waals surface area contributed by atoms with Gasteiger partial charge in [0, 0.05) is 12.1 Å². The van der Waals surface area contributed by atoms with Crippen LogP contribution < -0.4 is 10.1 Å². The Morgan fingerprint density at radius 3 is 2.72 bits per heavy atom. The summed E-state index contributed by atoms with van der Waals surface area (Å²) in [5.74, 6) is 0.357. The molecule has 0 saturated heterocycles. The highest BCUT2D eigenvalue weighted by molar-refractivity contribution is 5.94. The van der Waals surface area contributed by atoms with E-state index in [4.69, 9.17) is 4.74 Å². The van der Waals surface area contributed by atoms with E-state index in [1.165, 1.54) is 6.92 Å². The van der Waals surface area contributed by atoms with E-state index in [9.17, 15) is 9.59 Å². The minimum absolute atomic E-state index is 0.0245. The van der Waals surface area contributed by atoms with E-state index in [-0.39, 0.29) is 11.7 Å². The lowest BCUT2D eigenvalue weighted by Gasteiger charge is -2.14. The van der Waals surface area contributed by atoms with Crippen LogP contribution in [0, 0.1) is 0 Å². The van der Waals surface area contributed by atoms with Gasteiger partial charge in [0.05, 0.1) is 0 Å². The second-order valence-electron chi connectivity index (χ2n) is 4.14. The maximum Gasteiger partial charge on any atom is 0.260 e. The third-order valence-electron chi connectivity index (χ3n) is 2.47. The SMILES string of the molecule is CCCNC(=O)C(C)Oc1cccc(C(C)=O)c1. The molecule has 1 atom stereocenters. The fourth-order valence-corrected chi connectivity index (χ4v) is 1.44. The molecule has 1 unspecified atom stereocenters. The van der Waals surface area contributed by atoms with Crippen molar-refractivity contribution in [2.45, 2.75) is 33.3 Å². The van der Waals surface area contributed by atoms with Gasteiger partial charge in [-0.15, -0.1) is 0 Å². The molecule has 98 valence electrons. The van der Waals surface area contributed by atoms with Crippen molar-refractivity contribution in [1.82, 2.24) is 5.32 Å². The van der Waals surface area contributed by atoms with E-state index in [1.54, 1.807) is 31.2 Å². The van der Waals surface area contributed by atoms with E-state index in [0.29, 0.717) is 17.9 Å². The van der Waals surface area contributed by atoms with Crippen LogP contribution in [0.25, 0.3) is 0 Å². The minimum Gasteiger partial charge on any atom is -0.481 e. The summed E-state index contributed by atoms with van der Waals surface area (Å²) in [6, 6.07) is 6.84. The molecule has 1 aromatic carbocycles. The Labute approximate surface area is 107 Å². The van der Waals surface area contributed by atoms with E-state index >= 15 is 0 Å². The molecule has 4 heteroatoms.